The van der Waals surface area contributed by atoms with Crippen LogP contribution in [-0.2, 0) is 15.7 Å². The van der Waals surface area contributed by atoms with Gasteiger partial charge in [0, 0.05) is 16.7 Å². The minimum Gasteiger partial charge on any atom is -0.289 e. The van der Waals surface area contributed by atoms with E-state index in [2.05, 4.69) is 52.2 Å². The number of rotatable bonds is 7. The van der Waals surface area contributed by atoms with Crippen molar-refractivity contribution in [3.8, 4) is 0 Å². The molecule has 1 N–H and O–H groups in total. The molecule has 0 aromatic heterocycles. The first-order valence-electron chi connectivity index (χ1n) is 11.3. The SMILES string of the molecule is CCCCONC(=O)c1ccc(C(=O)c2cc3c(cc2C)C(C)(C)CCC3(C)C)cc1. The van der Waals surface area contributed by atoms with Crippen LogP contribution in [0.3, 0.4) is 0 Å². The summed E-state index contributed by atoms with van der Waals surface area (Å²) < 4.78 is 0. The zero-order valence-corrected chi connectivity index (χ0v) is 19.7. The lowest BCUT2D eigenvalue weighted by atomic mass is 9.62. The average molecular weight is 422 g/mol. The Hall–Kier alpha value is -2.46. The van der Waals surface area contributed by atoms with Gasteiger partial charge in [-0.05, 0) is 71.9 Å². The second kappa shape index (κ2) is 8.96. The van der Waals surface area contributed by atoms with Gasteiger partial charge in [0.25, 0.3) is 5.91 Å². The van der Waals surface area contributed by atoms with Gasteiger partial charge in [-0.1, -0.05) is 59.2 Å². The van der Waals surface area contributed by atoms with Crippen LogP contribution < -0.4 is 5.48 Å². The number of nitrogens with one attached hydrogen (secondary N) is 1. The van der Waals surface area contributed by atoms with Gasteiger partial charge in [0.15, 0.2) is 5.78 Å². The van der Waals surface area contributed by atoms with Gasteiger partial charge in [-0.25, -0.2) is 5.48 Å². The Morgan fingerprint density at radius 3 is 2.06 bits per heavy atom. The molecular weight excluding hydrogens is 386 g/mol. The van der Waals surface area contributed by atoms with E-state index in [1.165, 1.54) is 11.1 Å². The Morgan fingerprint density at radius 1 is 0.935 bits per heavy atom. The van der Waals surface area contributed by atoms with Gasteiger partial charge in [-0.15, -0.1) is 0 Å². The number of benzene rings is 2. The maximum absolute atomic E-state index is 13.3. The Morgan fingerprint density at radius 2 is 1.48 bits per heavy atom. The second-order valence-corrected chi connectivity index (χ2v) is 10.0. The van der Waals surface area contributed by atoms with Crippen molar-refractivity contribution < 1.29 is 14.4 Å². The minimum atomic E-state index is -0.302. The van der Waals surface area contributed by atoms with E-state index >= 15 is 0 Å². The molecule has 0 aliphatic heterocycles. The van der Waals surface area contributed by atoms with Crippen molar-refractivity contribution in [3.05, 3.63) is 69.8 Å². The normalized spacial score (nSPS) is 16.5. The maximum atomic E-state index is 13.3. The van der Waals surface area contributed by atoms with Gasteiger partial charge in [0.05, 0.1) is 6.61 Å². The van der Waals surface area contributed by atoms with E-state index in [0.717, 1.165) is 36.8 Å². The zero-order chi connectivity index (χ0) is 22.8. The van der Waals surface area contributed by atoms with Gasteiger partial charge < -0.3 is 0 Å². The van der Waals surface area contributed by atoms with Gasteiger partial charge in [-0.2, -0.15) is 0 Å². The molecule has 0 unspecified atom stereocenters. The highest BCUT2D eigenvalue weighted by molar-refractivity contribution is 6.10. The lowest BCUT2D eigenvalue weighted by Crippen LogP contribution is -2.34. The molecule has 0 atom stereocenters. The van der Waals surface area contributed by atoms with Crippen molar-refractivity contribution in [2.75, 3.05) is 6.61 Å². The van der Waals surface area contributed by atoms with Crippen molar-refractivity contribution in [3.63, 3.8) is 0 Å². The highest BCUT2D eigenvalue weighted by Crippen LogP contribution is 2.46. The van der Waals surface area contributed by atoms with E-state index in [9.17, 15) is 9.59 Å². The molecule has 4 heteroatoms. The summed E-state index contributed by atoms with van der Waals surface area (Å²) in [4.78, 5) is 30.7. The van der Waals surface area contributed by atoms with E-state index in [1.807, 2.05) is 6.92 Å². The molecule has 31 heavy (non-hydrogen) atoms. The van der Waals surface area contributed by atoms with Crippen LogP contribution in [0.4, 0.5) is 0 Å². The molecule has 2 aromatic carbocycles. The number of carbonyl (C=O) groups is 2. The predicted molar refractivity (Wildman–Crippen MR) is 125 cm³/mol. The van der Waals surface area contributed by atoms with E-state index in [-0.39, 0.29) is 22.5 Å². The first kappa shape index (κ1) is 23.2. The highest BCUT2D eigenvalue weighted by Gasteiger charge is 2.37. The van der Waals surface area contributed by atoms with E-state index in [1.54, 1.807) is 24.3 Å². The standard InChI is InChI=1S/C27H35NO3/c1-7-8-15-31-28-25(30)20-11-9-19(10-12-20)24(29)21-17-23-22(16-18(21)2)26(3,4)13-14-27(23,5)6/h9-12,16-17H,7-8,13-15H2,1-6H3,(H,28,30). The molecule has 0 saturated heterocycles. The summed E-state index contributed by atoms with van der Waals surface area (Å²) in [6, 6.07) is 11.1. The molecule has 0 fully saturated rings. The number of unbranched alkanes of at least 4 members (excludes halogenated alkanes) is 1. The summed E-state index contributed by atoms with van der Waals surface area (Å²) in [6.07, 6.45) is 4.14. The molecule has 0 saturated carbocycles. The number of hydrogen-bond acceptors (Lipinski definition) is 3. The quantitative estimate of drug-likeness (QED) is 0.337. The molecule has 1 amide bonds. The summed E-state index contributed by atoms with van der Waals surface area (Å²) in [5, 5.41) is 0. The van der Waals surface area contributed by atoms with Crippen molar-refractivity contribution in [2.24, 2.45) is 0 Å². The van der Waals surface area contributed by atoms with E-state index in [4.69, 9.17) is 4.84 Å². The van der Waals surface area contributed by atoms with Gasteiger partial charge in [-0.3, -0.25) is 14.4 Å². The molecule has 0 bridgehead atoms. The van der Waals surface area contributed by atoms with Crippen LogP contribution in [0.2, 0.25) is 0 Å². The van der Waals surface area contributed by atoms with Crippen LogP contribution in [0.25, 0.3) is 0 Å². The molecular formula is C27H35NO3. The second-order valence-electron chi connectivity index (χ2n) is 10.0. The van der Waals surface area contributed by atoms with Crippen LogP contribution in [0.5, 0.6) is 0 Å². The topological polar surface area (TPSA) is 55.4 Å². The van der Waals surface area contributed by atoms with Crippen LogP contribution in [0.1, 0.15) is 103 Å². The monoisotopic (exact) mass is 421 g/mol. The predicted octanol–water partition coefficient (Wildman–Crippen LogP) is 6.04. The third-order valence-electron chi connectivity index (χ3n) is 6.62. The molecule has 0 radical (unpaired) electrons. The summed E-state index contributed by atoms with van der Waals surface area (Å²) in [5.41, 5.74) is 8.04. The fourth-order valence-electron chi connectivity index (χ4n) is 4.29. The number of carbonyl (C=O) groups excluding carboxylic acids is 2. The molecule has 166 valence electrons. The van der Waals surface area contributed by atoms with Crippen molar-refractivity contribution >= 4 is 11.7 Å². The average Bonchev–Trinajstić information content (AvgIpc) is 2.74. The van der Waals surface area contributed by atoms with Crippen molar-refractivity contribution in [2.45, 2.75) is 78.1 Å². The van der Waals surface area contributed by atoms with E-state index < -0.39 is 0 Å². The van der Waals surface area contributed by atoms with Crippen LogP contribution >= 0.6 is 0 Å². The lowest BCUT2D eigenvalue weighted by Gasteiger charge is -2.42. The molecule has 1 aliphatic carbocycles. The Bertz CT molecular complexity index is 971. The minimum absolute atomic E-state index is 0.00867. The number of ketones is 1. The van der Waals surface area contributed by atoms with Gasteiger partial charge in [0.2, 0.25) is 0 Å². The fourth-order valence-corrected chi connectivity index (χ4v) is 4.29. The van der Waals surface area contributed by atoms with Crippen molar-refractivity contribution in [1.29, 1.82) is 0 Å². The maximum Gasteiger partial charge on any atom is 0.274 e. The summed E-state index contributed by atoms with van der Waals surface area (Å²) in [5.74, 6) is -0.310. The number of hydroxylamine groups is 1. The summed E-state index contributed by atoms with van der Waals surface area (Å²) in [6.45, 7) is 13.7. The highest BCUT2D eigenvalue weighted by atomic mass is 16.6. The molecule has 0 heterocycles. The molecule has 3 rings (SSSR count). The zero-order valence-electron chi connectivity index (χ0n) is 19.7. The summed E-state index contributed by atoms with van der Waals surface area (Å²) >= 11 is 0. The molecule has 4 nitrogen and oxygen atoms in total. The Balaban J connectivity index is 1.84. The first-order valence-corrected chi connectivity index (χ1v) is 11.3. The first-order chi connectivity index (χ1) is 14.6. The largest absolute Gasteiger partial charge is 0.289 e. The van der Waals surface area contributed by atoms with Crippen LogP contribution in [-0.4, -0.2) is 18.3 Å². The Kier molecular flexibility index (Phi) is 6.70. The summed E-state index contributed by atoms with van der Waals surface area (Å²) in [7, 11) is 0. The number of fused-ring (bicyclic) bond motifs is 1. The molecule has 2 aromatic rings. The van der Waals surface area contributed by atoms with Gasteiger partial charge in [0.1, 0.15) is 0 Å². The van der Waals surface area contributed by atoms with Crippen LogP contribution in [0.15, 0.2) is 36.4 Å². The third-order valence-corrected chi connectivity index (χ3v) is 6.62. The Labute approximate surface area is 186 Å². The fraction of sp³-hybridized carbons (Fsp3) is 0.481. The number of aryl methyl sites for hydroxylation is 1. The lowest BCUT2D eigenvalue weighted by molar-refractivity contribution is 0.0302. The van der Waals surface area contributed by atoms with Crippen molar-refractivity contribution in [1.82, 2.24) is 5.48 Å². The van der Waals surface area contributed by atoms with E-state index in [0.29, 0.717) is 17.7 Å². The van der Waals surface area contributed by atoms with Crippen LogP contribution in [0, 0.1) is 6.92 Å². The third kappa shape index (κ3) is 4.90. The smallest absolute Gasteiger partial charge is 0.274 e. The molecule has 1 aliphatic rings. The van der Waals surface area contributed by atoms with Gasteiger partial charge >= 0.3 is 0 Å². The number of amides is 1. The number of hydrogen-bond donors (Lipinski definition) is 1. The molecule has 0 spiro atoms.